The second kappa shape index (κ2) is 16.5. The van der Waals surface area contributed by atoms with Gasteiger partial charge in [-0.05, 0) is 57.8 Å². The molecule has 1 aliphatic heterocycles. The van der Waals surface area contributed by atoms with Gasteiger partial charge in [-0.25, -0.2) is 26.9 Å². The Morgan fingerprint density at radius 3 is 2.30 bits per heavy atom. The number of carbonyl (C=O) groups is 1. The average Bonchev–Trinajstić information content (AvgIpc) is 3.38. The molecule has 3 heterocycles. The van der Waals surface area contributed by atoms with E-state index in [1.54, 1.807) is 26.2 Å². The monoisotopic (exact) mass is 625 g/mol. The number of aromatic nitrogens is 3. The molecular formula is C31H44F5N7O. The van der Waals surface area contributed by atoms with Crippen LogP contribution in [0.15, 0.2) is 18.3 Å². The van der Waals surface area contributed by atoms with Gasteiger partial charge in [-0.3, -0.25) is 9.48 Å². The predicted octanol–water partition coefficient (Wildman–Crippen LogP) is 6.03. The lowest BCUT2D eigenvalue weighted by Gasteiger charge is -2.41. The molecule has 0 aliphatic carbocycles. The molecule has 3 aromatic rings. The first-order valence-electron chi connectivity index (χ1n) is 14.6. The number of nitrogens with one attached hydrogen (secondary N) is 2. The Morgan fingerprint density at radius 2 is 1.84 bits per heavy atom. The molecule has 8 nitrogen and oxygen atoms in total. The Kier molecular flexibility index (Phi) is 13.7. The molecule has 0 bridgehead atoms. The summed E-state index contributed by atoms with van der Waals surface area (Å²) in [7, 11) is 3.20. The smallest absolute Gasteiger partial charge is 0.242 e. The van der Waals surface area contributed by atoms with Crippen molar-refractivity contribution < 1.29 is 26.7 Å². The first kappa shape index (κ1) is 36.6. The van der Waals surface area contributed by atoms with E-state index < -0.39 is 52.8 Å². The summed E-state index contributed by atoms with van der Waals surface area (Å²) < 4.78 is 72.0. The normalized spacial score (nSPS) is 15.7. The molecule has 6 N–H and O–H groups in total. The van der Waals surface area contributed by atoms with Crippen LogP contribution in [0.4, 0.5) is 33.3 Å². The van der Waals surface area contributed by atoms with Crippen LogP contribution in [-0.4, -0.2) is 46.6 Å². The highest BCUT2D eigenvalue weighted by Gasteiger charge is 2.31. The standard InChI is InChI=1S/C22H22F5N5O.C8H17N.CH5N/c1-3-4-16-14(10-33)21(29-9-11-5-6-32(2)31-11)20(27)22(30-16)13-7-15(28)19(26)18(25)12(13)8-17(23)24;1-7(2)6-8(3)4-5-9-8;1-2/h5-7,10,17H,3-4,8-9,28H2,1-2H3,(H,29,30);7,9H,4-6H2,1-3H3;2H2,1H3. The van der Waals surface area contributed by atoms with E-state index in [9.17, 15) is 22.4 Å². The number of pyridine rings is 1. The van der Waals surface area contributed by atoms with E-state index in [-0.39, 0.29) is 29.9 Å². The van der Waals surface area contributed by atoms with Gasteiger partial charge in [0.2, 0.25) is 6.43 Å². The number of halogens is 5. The van der Waals surface area contributed by atoms with E-state index in [2.05, 4.69) is 47.2 Å². The van der Waals surface area contributed by atoms with Crippen LogP contribution in [0.5, 0.6) is 0 Å². The summed E-state index contributed by atoms with van der Waals surface area (Å²) in [4.78, 5) is 16.0. The predicted molar refractivity (Wildman–Crippen MR) is 164 cm³/mol. The minimum atomic E-state index is -3.03. The lowest BCUT2D eigenvalue weighted by Crippen LogP contribution is -2.55. The fourth-order valence-corrected chi connectivity index (χ4v) is 5.14. The molecule has 1 aromatic carbocycles. The summed E-state index contributed by atoms with van der Waals surface area (Å²) in [6.07, 6.45) is 1.38. The lowest BCUT2D eigenvalue weighted by atomic mass is 9.82. The highest BCUT2D eigenvalue weighted by atomic mass is 19.3. The van der Waals surface area contributed by atoms with Crippen molar-refractivity contribution >= 4 is 17.7 Å². The van der Waals surface area contributed by atoms with Gasteiger partial charge in [-0.15, -0.1) is 0 Å². The molecule has 1 atom stereocenters. The van der Waals surface area contributed by atoms with E-state index in [1.165, 1.54) is 31.1 Å². The topological polar surface area (TPSA) is 124 Å². The van der Waals surface area contributed by atoms with Crippen LogP contribution in [-0.2, 0) is 26.4 Å². The van der Waals surface area contributed by atoms with Gasteiger partial charge in [0.1, 0.15) is 5.69 Å². The maximum atomic E-state index is 15.7. The van der Waals surface area contributed by atoms with Crippen LogP contribution in [0.2, 0.25) is 0 Å². The number of nitrogens with two attached hydrogens (primary N) is 2. The van der Waals surface area contributed by atoms with Gasteiger partial charge in [0.15, 0.2) is 23.7 Å². The fraction of sp³-hybridized carbons (Fsp3) is 0.516. The van der Waals surface area contributed by atoms with Crippen molar-refractivity contribution in [2.45, 2.75) is 78.3 Å². The van der Waals surface area contributed by atoms with Crippen LogP contribution < -0.4 is 22.1 Å². The van der Waals surface area contributed by atoms with Gasteiger partial charge in [0.05, 0.1) is 34.9 Å². The molecule has 1 aliphatic rings. The fourth-order valence-electron chi connectivity index (χ4n) is 5.14. The van der Waals surface area contributed by atoms with Gasteiger partial charge < -0.3 is 22.1 Å². The summed E-state index contributed by atoms with van der Waals surface area (Å²) >= 11 is 0. The van der Waals surface area contributed by atoms with Crippen LogP contribution in [0.3, 0.4) is 0 Å². The molecule has 0 radical (unpaired) electrons. The Balaban J connectivity index is 0.000000519. The summed E-state index contributed by atoms with van der Waals surface area (Å²) in [6, 6.07) is 2.55. The van der Waals surface area contributed by atoms with Gasteiger partial charge in [0, 0.05) is 36.3 Å². The number of alkyl halides is 2. The molecule has 244 valence electrons. The Bertz CT molecular complexity index is 1390. The number of nitrogen functional groups attached to an aromatic ring is 1. The summed E-state index contributed by atoms with van der Waals surface area (Å²) in [5.74, 6) is -3.33. The maximum Gasteiger partial charge on any atom is 0.242 e. The van der Waals surface area contributed by atoms with Gasteiger partial charge in [-0.2, -0.15) is 5.10 Å². The zero-order chi connectivity index (χ0) is 33.2. The van der Waals surface area contributed by atoms with Crippen molar-refractivity contribution in [1.29, 1.82) is 0 Å². The van der Waals surface area contributed by atoms with E-state index in [0.29, 0.717) is 23.9 Å². The number of carbonyl (C=O) groups excluding carboxylic acids is 1. The second-order valence-corrected chi connectivity index (χ2v) is 11.3. The molecule has 0 saturated carbocycles. The van der Waals surface area contributed by atoms with Crippen molar-refractivity contribution in [3.63, 3.8) is 0 Å². The zero-order valence-electron chi connectivity index (χ0n) is 26.2. The molecule has 1 fully saturated rings. The molecule has 2 aromatic heterocycles. The minimum Gasteiger partial charge on any atom is -0.396 e. The average molecular weight is 626 g/mol. The van der Waals surface area contributed by atoms with Crippen LogP contribution in [0.25, 0.3) is 11.3 Å². The van der Waals surface area contributed by atoms with E-state index in [0.717, 1.165) is 12.0 Å². The number of aldehydes is 1. The molecule has 13 heteroatoms. The third-order valence-electron chi connectivity index (χ3n) is 7.11. The number of aryl methyl sites for hydroxylation is 2. The van der Waals surface area contributed by atoms with E-state index in [4.69, 9.17) is 5.73 Å². The van der Waals surface area contributed by atoms with Gasteiger partial charge in [0.25, 0.3) is 0 Å². The van der Waals surface area contributed by atoms with Gasteiger partial charge >= 0.3 is 0 Å². The first-order chi connectivity index (χ1) is 20.8. The number of benzene rings is 1. The number of rotatable bonds is 11. The number of hydrogen-bond donors (Lipinski definition) is 4. The molecule has 0 amide bonds. The highest BCUT2D eigenvalue weighted by Crippen LogP contribution is 2.37. The number of nitrogens with zero attached hydrogens (tertiary/aromatic N) is 3. The molecule has 0 spiro atoms. The highest BCUT2D eigenvalue weighted by molar-refractivity contribution is 5.88. The Labute approximate surface area is 255 Å². The SMILES string of the molecule is CC(C)CC1(C)CCN1.CCCc1nc(-c2cc(N)c(F)c(F)c2CC(F)F)c(F)c(NCc2ccn(C)n2)c1C=O.CN. The second-order valence-electron chi connectivity index (χ2n) is 11.3. The van der Waals surface area contributed by atoms with Crippen molar-refractivity contribution in [2.75, 3.05) is 24.6 Å². The van der Waals surface area contributed by atoms with E-state index in [1.807, 2.05) is 0 Å². The van der Waals surface area contributed by atoms with Crippen molar-refractivity contribution in [2.24, 2.45) is 18.7 Å². The van der Waals surface area contributed by atoms with Crippen LogP contribution in [0, 0.1) is 23.4 Å². The quantitative estimate of drug-likeness (QED) is 0.117. The largest absolute Gasteiger partial charge is 0.396 e. The van der Waals surface area contributed by atoms with Crippen molar-refractivity contribution in [3.05, 3.63) is 58.3 Å². The molecule has 4 rings (SSSR count). The third-order valence-corrected chi connectivity index (χ3v) is 7.11. The lowest BCUT2D eigenvalue weighted by molar-refractivity contribution is 0.112. The molecular weight excluding hydrogens is 581 g/mol. The Morgan fingerprint density at radius 1 is 1.18 bits per heavy atom. The first-order valence-corrected chi connectivity index (χ1v) is 14.6. The third kappa shape index (κ3) is 9.21. The summed E-state index contributed by atoms with van der Waals surface area (Å²) in [5.41, 5.74) is 8.58. The summed E-state index contributed by atoms with van der Waals surface area (Å²) in [5, 5.41) is 10.4. The number of anilines is 2. The Hall–Kier alpha value is -3.58. The van der Waals surface area contributed by atoms with Crippen LogP contribution >= 0.6 is 0 Å². The van der Waals surface area contributed by atoms with Crippen molar-refractivity contribution in [1.82, 2.24) is 20.1 Å². The molecule has 1 saturated heterocycles. The number of hydrogen-bond acceptors (Lipinski definition) is 7. The zero-order valence-corrected chi connectivity index (χ0v) is 26.2. The minimum absolute atomic E-state index is 0.0391. The van der Waals surface area contributed by atoms with Crippen LogP contribution in [0.1, 0.15) is 74.3 Å². The maximum absolute atomic E-state index is 15.7. The summed E-state index contributed by atoms with van der Waals surface area (Å²) in [6.45, 7) is 9.95. The molecule has 44 heavy (non-hydrogen) atoms. The van der Waals surface area contributed by atoms with Gasteiger partial charge in [-0.1, -0.05) is 27.2 Å². The van der Waals surface area contributed by atoms with Crippen molar-refractivity contribution in [3.8, 4) is 11.3 Å². The van der Waals surface area contributed by atoms with E-state index >= 15 is 4.39 Å². The molecule has 1 unspecified atom stereocenters.